The predicted octanol–water partition coefficient (Wildman–Crippen LogP) is 5.98. The van der Waals surface area contributed by atoms with Crippen molar-refractivity contribution in [2.24, 2.45) is 11.8 Å². The highest BCUT2D eigenvalue weighted by molar-refractivity contribution is 6.07. The second kappa shape index (κ2) is 11.4. The molecule has 5 aliphatic carbocycles. The molecule has 0 aromatic heterocycles. The fraction of sp³-hybridized carbons (Fsp3) is 0.562. The van der Waals surface area contributed by atoms with Crippen LogP contribution in [0.25, 0.3) is 0 Å². The Morgan fingerprint density at radius 3 is 1.39 bits per heavy atom. The minimum Gasteiger partial charge on any atom is -0.462 e. The van der Waals surface area contributed by atoms with E-state index in [0.29, 0.717) is 50.0 Å². The minimum atomic E-state index is -0.396. The number of ether oxygens (including phenoxy) is 2. The van der Waals surface area contributed by atoms with Gasteiger partial charge in [0.25, 0.3) is 0 Å². The van der Waals surface area contributed by atoms with Crippen molar-refractivity contribution >= 4 is 23.5 Å². The van der Waals surface area contributed by atoms with E-state index in [1.807, 2.05) is 13.8 Å². The fourth-order valence-electron chi connectivity index (χ4n) is 6.61. The van der Waals surface area contributed by atoms with E-state index >= 15 is 0 Å². The lowest BCUT2D eigenvalue weighted by atomic mass is 9.64. The van der Waals surface area contributed by atoms with Crippen molar-refractivity contribution in [3.8, 4) is 0 Å². The molecule has 6 nitrogen and oxygen atoms in total. The van der Waals surface area contributed by atoms with Crippen molar-refractivity contribution in [1.82, 2.24) is 0 Å². The van der Waals surface area contributed by atoms with E-state index in [-0.39, 0.29) is 23.4 Å². The van der Waals surface area contributed by atoms with Crippen molar-refractivity contribution < 1.29 is 28.7 Å². The van der Waals surface area contributed by atoms with E-state index in [4.69, 9.17) is 9.47 Å². The zero-order valence-electron chi connectivity index (χ0n) is 22.7. The van der Waals surface area contributed by atoms with Crippen LogP contribution in [-0.4, -0.2) is 36.7 Å². The van der Waals surface area contributed by atoms with Gasteiger partial charge >= 0.3 is 11.9 Å². The molecule has 0 radical (unpaired) electrons. The molecule has 202 valence electrons. The van der Waals surface area contributed by atoms with Gasteiger partial charge in [-0.1, -0.05) is 60.1 Å². The summed E-state index contributed by atoms with van der Waals surface area (Å²) in [6.07, 6.45) is 11.9. The van der Waals surface area contributed by atoms with E-state index in [2.05, 4.69) is 0 Å². The second-order valence-electron chi connectivity index (χ2n) is 11.4. The molecule has 0 saturated carbocycles. The monoisotopic (exact) mass is 518 g/mol. The van der Waals surface area contributed by atoms with Gasteiger partial charge < -0.3 is 9.47 Å². The first kappa shape index (κ1) is 26.6. The number of unbranched alkanes of at least 4 members (excludes halogenated alkanes) is 2. The molecule has 5 rings (SSSR count). The highest BCUT2D eigenvalue weighted by Gasteiger charge is 2.42. The molecule has 0 spiro atoms. The molecule has 0 heterocycles. The minimum absolute atomic E-state index is 0.0802. The first-order chi connectivity index (χ1) is 18.4. The van der Waals surface area contributed by atoms with E-state index < -0.39 is 11.9 Å². The van der Waals surface area contributed by atoms with Crippen molar-refractivity contribution in [3.63, 3.8) is 0 Å². The largest absolute Gasteiger partial charge is 0.462 e. The third kappa shape index (κ3) is 5.27. The third-order valence-electron chi connectivity index (χ3n) is 8.87. The van der Waals surface area contributed by atoms with Gasteiger partial charge in [-0.3, -0.25) is 9.59 Å². The fourth-order valence-corrected chi connectivity index (χ4v) is 6.61. The van der Waals surface area contributed by atoms with Gasteiger partial charge in [-0.2, -0.15) is 0 Å². The van der Waals surface area contributed by atoms with Gasteiger partial charge in [0.15, 0.2) is 11.6 Å². The molecular formula is C32H38O6. The SMILES string of the molecule is CCCCOC(=O)C1=C(C(=O)OCCCC)CC2=C(CC3=C(C2)CC2=C(C3)CC3C(=O)C=CC(=O)C3C2)C1. The van der Waals surface area contributed by atoms with Crippen LogP contribution < -0.4 is 0 Å². The summed E-state index contributed by atoms with van der Waals surface area (Å²) in [6, 6.07) is 0. The molecule has 2 atom stereocenters. The van der Waals surface area contributed by atoms with Gasteiger partial charge in [-0.05, 0) is 63.5 Å². The summed E-state index contributed by atoms with van der Waals surface area (Å²) in [5, 5.41) is 0. The van der Waals surface area contributed by atoms with Gasteiger partial charge in [0, 0.05) is 24.7 Å². The highest BCUT2D eigenvalue weighted by atomic mass is 16.5. The second-order valence-corrected chi connectivity index (χ2v) is 11.4. The smallest absolute Gasteiger partial charge is 0.334 e. The normalized spacial score (nSPS) is 24.7. The number of allylic oxidation sites excluding steroid dienone is 8. The molecule has 5 aliphatic rings. The third-order valence-corrected chi connectivity index (χ3v) is 8.87. The molecule has 0 bridgehead atoms. The lowest BCUT2D eigenvalue weighted by Crippen LogP contribution is -2.36. The molecule has 0 aliphatic heterocycles. The molecule has 6 heteroatoms. The molecule has 0 N–H and O–H groups in total. The van der Waals surface area contributed by atoms with Gasteiger partial charge in [0.2, 0.25) is 0 Å². The maximum Gasteiger partial charge on any atom is 0.334 e. The number of hydrogen-bond donors (Lipinski definition) is 0. The lowest BCUT2D eigenvalue weighted by Gasteiger charge is -2.39. The summed E-state index contributed by atoms with van der Waals surface area (Å²) in [5.41, 5.74) is 8.80. The molecule has 0 aromatic rings. The Morgan fingerprint density at radius 1 is 0.632 bits per heavy atom. The van der Waals surface area contributed by atoms with Gasteiger partial charge in [0.1, 0.15) is 0 Å². The van der Waals surface area contributed by atoms with E-state index in [9.17, 15) is 19.2 Å². The summed E-state index contributed by atoms with van der Waals surface area (Å²) < 4.78 is 11.1. The Bertz CT molecular complexity index is 1130. The number of carbonyl (C=O) groups is 4. The van der Waals surface area contributed by atoms with Crippen molar-refractivity contribution in [2.45, 2.75) is 90.9 Å². The van der Waals surface area contributed by atoms with Crippen LogP contribution in [0.5, 0.6) is 0 Å². The molecular weight excluding hydrogens is 480 g/mol. The van der Waals surface area contributed by atoms with Crippen LogP contribution in [0.3, 0.4) is 0 Å². The summed E-state index contributed by atoms with van der Waals surface area (Å²) >= 11 is 0. The van der Waals surface area contributed by atoms with Crippen molar-refractivity contribution in [1.29, 1.82) is 0 Å². The maximum absolute atomic E-state index is 13.1. The number of ketones is 2. The molecule has 2 unspecified atom stereocenters. The highest BCUT2D eigenvalue weighted by Crippen LogP contribution is 2.51. The Morgan fingerprint density at radius 2 is 1.00 bits per heavy atom. The zero-order valence-corrected chi connectivity index (χ0v) is 22.7. The number of carbonyl (C=O) groups excluding carboxylic acids is 4. The quantitative estimate of drug-likeness (QED) is 0.223. The van der Waals surface area contributed by atoms with Crippen LogP contribution >= 0.6 is 0 Å². The number of fused-ring (bicyclic) bond motifs is 1. The zero-order chi connectivity index (χ0) is 26.8. The van der Waals surface area contributed by atoms with Crippen LogP contribution in [0.2, 0.25) is 0 Å². The summed E-state index contributed by atoms with van der Waals surface area (Å²) in [4.78, 5) is 51.1. The van der Waals surface area contributed by atoms with Gasteiger partial charge in [-0.15, -0.1) is 0 Å². The molecule has 0 amide bonds. The average molecular weight is 519 g/mol. The van der Waals surface area contributed by atoms with Crippen LogP contribution in [0.4, 0.5) is 0 Å². The Hall–Kier alpha value is -3.02. The topological polar surface area (TPSA) is 86.7 Å². The predicted molar refractivity (Wildman–Crippen MR) is 143 cm³/mol. The number of rotatable bonds is 8. The van der Waals surface area contributed by atoms with Crippen molar-refractivity contribution in [3.05, 3.63) is 56.7 Å². The summed E-state index contributed by atoms with van der Waals surface area (Å²) in [5.74, 6) is -1.06. The molecule has 0 aromatic carbocycles. The van der Waals surface area contributed by atoms with Gasteiger partial charge in [-0.25, -0.2) is 9.59 Å². The standard InChI is InChI=1S/C32H38O6/c1-3-5-9-37-31(35)27-17-23-13-19-11-21-15-25-26(30(34)8-7-29(25)33)16-22(21)12-20(19)14-24(23)18-28(27)32(36)38-10-6-4-2/h7-8,25-26H,3-6,9-18H2,1-2H3. The summed E-state index contributed by atoms with van der Waals surface area (Å²) in [6.45, 7) is 4.80. The molecule has 38 heavy (non-hydrogen) atoms. The van der Waals surface area contributed by atoms with Crippen LogP contribution in [0.1, 0.15) is 90.9 Å². The maximum atomic E-state index is 13.1. The van der Waals surface area contributed by atoms with Crippen LogP contribution in [-0.2, 0) is 28.7 Å². The van der Waals surface area contributed by atoms with Crippen LogP contribution in [0, 0.1) is 11.8 Å². The average Bonchev–Trinajstić information content (AvgIpc) is 2.91. The van der Waals surface area contributed by atoms with E-state index in [1.165, 1.54) is 45.6 Å². The molecule has 0 saturated heterocycles. The van der Waals surface area contributed by atoms with Crippen LogP contribution in [0.15, 0.2) is 56.7 Å². The van der Waals surface area contributed by atoms with Gasteiger partial charge in [0.05, 0.1) is 24.4 Å². The lowest BCUT2D eigenvalue weighted by molar-refractivity contribution is -0.142. The van der Waals surface area contributed by atoms with E-state index in [0.717, 1.165) is 51.4 Å². The first-order valence-electron chi connectivity index (χ1n) is 14.3. The van der Waals surface area contributed by atoms with E-state index in [1.54, 1.807) is 0 Å². The molecule has 0 fully saturated rings. The summed E-state index contributed by atoms with van der Waals surface area (Å²) in [7, 11) is 0. The first-order valence-corrected chi connectivity index (χ1v) is 14.3. The number of hydrogen-bond acceptors (Lipinski definition) is 6. The van der Waals surface area contributed by atoms with Crippen molar-refractivity contribution in [2.75, 3.05) is 13.2 Å². The Labute approximate surface area is 224 Å². The Kier molecular flexibility index (Phi) is 7.96. The Balaban J connectivity index is 1.32. The number of esters is 2.